The first-order chi connectivity index (χ1) is 22.9. The van der Waals surface area contributed by atoms with E-state index in [0.717, 1.165) is 42.7 Å². The first-order valence-corrected chi connectivity index (χ1v) is 16.7. The van der Waals surface area contributed by atoms with Crippen LogP contribution < -0.4 is 9.47 Å². The highest BCUT2D eigenvalue weighted by atomic mass is 35.5. The minimum atomic E-state index is -0.397. The quantitative estimate of drug-likeness (QED) is 0.157. The number of para-hydroxylation sites is 1. The van der Waals surface area contributed by atoms with Crippen molar-refractivity contribution in [1.29, 1.82) is 0 Å². The molecule has 3 aromatic carbocycles. The first-order valence-electron chi connectivity index (χ1n) is 15.5. The number of rotatable bonds is 10. The highest BCUT2D eigenvalue weighted by Crippen LogP contribution is 2.46. The molecule has 0 aliphatic carbocycles. The summed E-state index contributed by atoms with van der Waals surface area (Å²) in [5.74, 6) is 0.964. The third kappa shape index (κ3) is 7.11. The molecule has 0 radical (unpaired) electrons. The van der Waals surface area contributed by atoms with Crippen LogP contribution in [0.4, 0.5) is 0 Å². The zero-order valence-electron chi connectivity index (χ0n) is 27.0. The second-order valence-electron chi connectivity index (χ2n) is 10.8. The number of hydrogen-bond acceptors (Lipinski definition) is 8. The van der Waals surface area contributed by atoms with Gasteiger partial charge in [0.2, 0.25) is 0 Å². The van der Waals surface area contributed by atoms with E-state index in [2.05, 4.69) is 52.1 Å². The molecule has 8 nitrogen and oxygen atoms in total. The number of esters is 1. The summed E-state index contributed by atoms with van der Waals surface area (Å²) in [5, 5.41) is 2.77. The van der Waals surface area contributed by atoms with Crippen molar-refractivity contribution in [2.24, 2.45) is 4.99 Å². The molecule has 0 N–H and O–H groups in total. The van der Waals surface area contributed by atoms with Crippen LogP contribution in [0.1, 0.15) is 50.4 Å². The normalized spacial score (nSPS) is 16.4. The molecule has 0 bridgehead atoms. The standard InChI is InChI=1S/C36H36ClN3O4S.CH2O/c1-5-42-31-17-16-24(19-32(31)43-6-2)34-33(35(41)44-7-3)23(4)38-36-40(34)22-27(45-36)18-26-21-39(30-15-11-9-13-28(26)30)20-25-12-8-10-14-29(25)37;1-2/h8-19,21,34H,5-7,20,22H2,1-4H3;1H2. The first kappa shape index (κ1) is 33.9. The number of carbonyl (C=O) groups excluding carboxylic acids is 2. The zero-order valence-corrected chi connectivity index (χ0v) is 28.6. The van der Waals surface area contributed by atoms with E-state index in [-0.39, 0.29) is 12.6 Å². The molecular weight excluding hydrogens is 634 g/mol. The summed E-state index contributed by atoms with van der Waals surface area (Å²) >= 11 is 8.15. The molecule has 0 spiro atoms. The van der Waals surface area contributed by atoms with Crippen LogP contribution in [0.2, 0.25) is 5.02 Å². The number of benzene rings is 3. The lowest BCUT2D eigenvalue weighted by molar-refractivity contribution is -0.139. The summed E-state index contributed by atoms with van der Waals surface area (Å²) in [4.78, 5) is 29.6. The van der Waals surface area contributed by atoms with Crippen LogP contribution >= 0.6 is 23.4 Å². The Morgan fingerprint density at radius 3 is 2.47 bits per heavy atom. The largest absolute Gasteiger partial charge is 0.490 e. The molecule has 1 aromatic heterocycles. The number of amidine groups is 1. The Kier molecular flexibility index (Phi) is 11.1. The molecule has 1 atom stereocenters. The van der Waals surface area contributed by atoms with Crippen LogP contribution in [0, 0.1) is 0 Å². The molecule has 2 aliphatic heterocycles. The second kappa shape index (κ2) is 15.4. The van der Waals surface area contributed by atoms with E-state index in [9.17, 15) is 4.79 Å². The third-order valence-corrected chi connectivity index (χ3v) is 9.23. The molecule has 10 heteroatoms. The summed E-state index contributed by atoms with van der Waals surface area (Å²) in [6, 6.07) is 21.9. The van der Waals surface area contributed by atoms with Gasteiger partial charge >= 0.3 is 5.97 Å². The summed E-state index contributed by atoms with van der Waals surface area (Å²) in [7, 11) is 0. The minimum Gasteiger partial charge on any atom is -0.490 e. The van der Waals surface area contributed by atoms with E-state index < -0.39 is 6.04 Å². The van der Waals surface area contributed by atoms with Gasteiger partial charge < -0.3 is 28.5 Å². The Bertz CT molecular complexity index is 1860. The molecule has 0 amide bonds. The number of aromatic nitrogens is 1. The maximum Gasteiger partial charge on any atom is 0.338 e. The molecule has 6 rings (SSSR count). The molecule has 1 saturated heterocycles. The maximum absolute atomic E-state index is 13.4. The van der Waals surface area contributed by atoms with Gasteiger partial charge in [-0.25, -0.2) is 9.79 Å². The second-order valence-corrected chi connectivity index (χ2v) is 12.3. The van der Waals surface area contributed by atoms with Gasteiger partial charge in [-0.2, -0.15) is 0 Å². The number of hydrogen-bond donors (Lipinski definition) is 0. The summed E-state index contributed by atoms with van der Waals surface area (Å²) in [6.07, 6.45) is 4.42. The number of aliphatic imine (C=N–C) groups is 1. The van der Waals surface area contributed by atoms with Crippen LogP contribution in [0.5, 0.6) is 11.5 Å². The molecule has 47 heavy (non-hydrogen) atoms. The van der Waals surface area contributed by atoms with Crippen molar-refractivity contribution >= 4 is 58.3 Å². The Morgan fingerprint density at radius 1 is 1.00 bits per heavy atom. The summed E-state index contributed by atoms with van der Waals surface area (Å²) < 4.78 is 19.6. The highest BCUT2D eigenvalue weighted by Gasteiger charge is 2.41. The Balaban J connectivity index is 0.00000213. The molecule has 0 saturated carbocycles. The van der Waals surface area contributed by atoms with Crippen molar-refractivity contribution < 1.29 is 23.8 Å². The van der Waals surface area contributed by atoms with E-state index in [1.165, 1.54) is 0 Å². The molecule has 244 valence electrons. The van der Waals surface area contributed by atoms with Gasteiger partial charge in [0, 0.05) is 39.1 Å². The topological polar surface area (TPSA) is 82.4 Å². The van der Waals surface area contributed by atoms with Gasteiger partial charge in [-0.3, -0.25) is 0 Å². The van der Waals surface area contributed by atoms with Gasteiger partial charge in [0.1, 0.15) is 6.79 Å². The van der Waals surface area contributed by atoms with Crippen molar-refractivity contribution in [3.05, 3.63) is 111 Å². The van der Waals surface area contributed by atoms with Gasteiger partial charge in [0.25, 0.3) is 0 Å². The number of nitrogens with zero attached hydrogens (tertiary/aromatic N) is 3. The van der Waals surface area contributed by atoms with E-state index in [1.54, 1.807) is 11.8 Å². The van der Waals surface area contributed by atoms with Crippen LogP contribution in [0.25, 0.3) is 17.0 Å². The number of thioether (sulfide) groups is 1. The van der Waals surface area contributed by atoms with E-state index in [0.29, 0.717) is 49.1 Å². The van der Waals surface area contributed by atoms with Gasteiger partial charge in [-0.1, -0.05) is 65.8 Å². The fourth-order valence-corrected chi connectivity index (χ4v) is 7.21. The molecule has 3 heterocycles. The summed E-state index contributed by atoms with van der Waals surface area (Å²) in [6.45, 7) is 12.2. The molecule has 1 fully saturated rings. The summed E-state index contributed by atoms with van der Waals surface area (Å²) in [5.41, 5.74) is 5.42. The van der Waals surface area contributed by atoms with Crippen molar-refractivity contribution in [2.45, 2.75) is 40.3 Å². The van der Waals surface area contributed by atoms with Crippen LogP contribution in [-0.2, 0) is 20.9 Å². The lowest BCUT2D eigenvalue weighted by Gasteiger charge is -2.34. The number of ether oxygens (including phenoxy) is 3. The zero-order chi connectivity index (χ0) is 33.5. The van der Waals surface area contributed by atoms with Crippen LogP contribution in [0.3, 0.4) is 0 Å². The molecule has 2 aliphatic rings. The molecular formula is C37H38ClN3O5S. The minimum absolute atomic E-state index is 0.282. The van der Waals surface area contributed by atoms with Crippen LogP contribution in [0.15, 0.2) is 94.1 Å². The maximum atomic E-state index is 13.4. The van der Waals surface area contributed by atoms with Crippen molar-refractivity contribution in [1.82, 2.24) is 9.47 Å². The fourth-order valence-electron chi connectivity index (χ4n) is 5.92. The Labute approximate surface area is 284 Å². The number of halogens is 1. The van der Waals surface area contributed by atoms with E-state index in [1.807, 2.05) is 70.9 Å². The predicted octanol–water partition coefficient (Wildman–Crippen LogP) is 8.29. The monoisotopic (exact) mass is 671 g/mol. The van der Waals surface area contributed by atoms with Gasteiger partial charge in [-0.15, -0.1) is 0 Å². The molecule has 4 aromatic rings. The fraction of sp³-hybridized carbons (Fsp3) is 0.270. The number of fused-ring (bicyclic) bond motifs is 2. The number of carbonyl (C=O) groups is 2. The smallest absolute Gasteiger partial charge is 0.338 e. The van der Waals surface area contributed by atoms with Gasteiger partial charge in [0.05, 0.1) is 43.7 Å². The highest BCUT2D eigenvalue weighted by molar-refractivity contribution is 8.17. The average molecular weight is 672 g/mol. The van der Waals surface area contributed by atoms with Gasteiger partial charge in [0.15, 0.2) is 16.7 Å². The lowest BCUT2D eigenvalue weighted by atomic mass is 9.94. The molecule has 1 unspecified atom stereocenters. The SMILES string of the molecule is C=O.CCOC(=O)C1=C(C)N=C2SC(=Cc3cn(Cc4ccccc4Cl)c4ccccc34)CN2C1c1ccc(OCC)c(OCC)c1. The average Bonchev–Trinajstić information content (AvgIpc) is 3.64. The van der Waals surface area contributed by atoms with E-state index >= 15 is 0 Å². The third-order valence-electron chi connectivity index (χ3n) is 7.85. The number of allylic oxidation sites excluding steroid dienone is 1. The van der Waals surface area contributed by atoms with E-state index in [4.69, 9.17) is 35.6 Å². The van der Waals surface area contributed by atoms with Gasteiger partial charge in [-0.05, 0) is 69.2 Å². The lowest BCUT2D eigenvalue weighted by Crippen LogP contribution is -2.36. The Hall–Kier alpha value is -4.47. The van der Waals surface area contributed by atoms with Crippen molar-refractivity contribution in [2.75, 3.05) is 26.4 Å². The van der Waals surface area contributed by atoms with Crippen molar-refractivity contribution in [3.8, 4) is 11.5 Å². The van der Waals surface area contributed by atoms with Crippen molar-refractivity contribution in [3.63, 3.8) is 0 Å². The Morgan fingerprint density at radius 2 is 1.72 bits per heavy atom. The van der Waals surface area contributed by atoms with Crippen LogP contribution in [-0.4, -0.2) is 53.8 Å². The predicted molar refractivity (Wildman–Crippen MR) is 190 cm³/mol.